The van der Waals surface area contributed by atoms with Gasteiger partial charge in [-0.2, -0.15) is 5.10 Å². The Hall–Kier alpha value is -3.06. The smallest absolute Gasteiger partial charge is 0.257 e. The number of halogens is 1. The molecule has 0 bridgehead atoms. The maximum Gasteiger partial charge on any atom is 0.257 e. The first kappa shape index (κ1) is 19.3. The van der Waals surface area contributed by atoms with Crippen LogP contribution in [0.5, 0.6) is 0 Å². The van der Waals surface area contributed by atoms with Crippen molar-refractivity contribution in [3.8, 4) is 5.69 Å². The fourth-order valence-corrected chi connectivity index (χ4v) is 3.80. The van der Waals surface area contributed by atoms with E-state index in [0.29, 0.717) is 24.3 Å². The Bertz CT molecular complexity index is 992. The van der Waals surface area contributed by atoms with Gasteiger partial charge in [0.2, 0.25) is 0 Å². The molecule has 0 aliphatic carbocycles. The standard InChI is InChI=1S/C22H24FN5O/c1-16-21(17(2)28(25-16)20-7-5-19(23)6-8-20)22(29)27-12-10-26(11-13-27)15-18-4-3-9-24-14-18/h3-9,14H,10-13,15H2,1-2H3. The summed E-state index contributed by atoms with van der Waals surface area (Å²) in [6, 6.07) is 10.1. The predicted molar refractivity (Wildman–Crippen MR) is 108 cm³/mol. The molecule has 1 aliphatic heterocycles. The van der Waals surface area contributed by atoms with Crippen LogP contribution < -0.4 is 0 Å². The fourth-order valence-electron chi connectivity index (χ4n) is 3.80. The lowest BCUT2D eigenvalue weighted by Gasteiger charge is -2.34. The lowest BCUT2D eigenvalue weighted by atomic mass is 10.1. The van der Waals surface area contributed by atoms with E-state index in [2.05, 4.69) is 21.0 Å². The van der Waals surface area contributed by atoms with Crippen LogP contribution in [0.25, 0.3) is 5.69 Å². The number of carbonyl (C=O) groups excluding carboxylic acids is 1. The van der Waals surface area contributed by atoms with Gasteiger partial charge in [0, 0.05) is 45.1 Å². The maximum atomic E-state index is 13.2. The van der Waals surface area contributed by atoms with Crippen molar-refractivity contribution in [1.82, 2.24) is 24.6 Å². The Balaban J connectivity index is 1.46. The van der Waals surface area contributed by atoms with Gasteiger partial charge < -0.3 is 4.90 Å². The van der Waals surface area contributed by atoms with E-state index in [0.717, 1.165) is 31.0 Å². The number of amides is 1. The van der Waals surface area contributed by atoms with Gasteiger partial charge in [0.25, 0.3) is 5.91 Å². The first-order chi connectivity index (χ1) is 14.0. The molecule has 0 atom stereocenters. The number of nitrogens with zero attached hydrogens (tertiary/aromatic N) is 5. The molecule has 1 fully saturated rings. The second-order valence-electron chi connectivity index (χ2n) is 7.36. The number of hydrogen-bond acceptors (Lipinski definition) is 4. The summed E-state index contributed by atoms with van der Waals surface area (Å²) in [6.07, 6.45) is 3.66. The van der Waals surface area contributed by atoms with E-state index in [1.54, 1.807) is 23.0 Å². The summed E-state index contributed by atoms with van der Waals surface area (Å²) in [4.78, 5) is 21.6. The minimum atomic E-state index is -0.296. The third kappa shape index (κ3) is 4.05. The zero-order valence-corrected chi connectivity index (χ0v) is 16.7. The largest absolute Gasteiger partial charge is 0.336 e. The van der Waals surface area contributed by atoms with Gasteiger partial charge in [-0.15, -0.1) is 0 Å². The molecule has 0 radical (unpaired) electrons. The topological polar surface area (TPSA) is 54.3 Å². The van der Waals surface area contributed by atoms with Crippen molar-refractivity contribution < 1.29 is 9.18 Å². The number of piperazine rings is 1. The summed E-state index contributed by atoms with van der Waals surface area (Å²) < 4.78 is 14.9. The van der Waals surface area contributed by atoms with Crippen LogP contribution in [0.1, 0.15) is 27.3 Å². The van der Waals surface area contributed by atoms with E-state index >= 15 is 0 Å². The molecule has 150 valence electrons. The number of aryl methyl sites for hydroxylation is 1. The summed E-state index contributed by atoms with van der Waals surface area (Å²) >= 11 is 0. The Morgan fingerprint density at radius 3 is 2.45 bits per heavy atom. The first-order valence-electron chi connectivity index (χ1n) is 9.75. The van der Waals surface area contributed by atoms with Crippen LogP contribution >= 0.6 is 0 Å². The van der Waals surface area contributed by atoms with Crippen molar-refractivity contribution in [2.75, 3.05) is 26.2 Å². The van der Waals surface area contributed by atoms with Gasteiger partial charge in [0.1, 0.15) is 5.82 Å². The molecule has 29 heavy (non-hydrogen) atoms. The molecule has 1 aromatic carbocycles. The number of carbonyl (C=O) groups is 1. The highest BCUT2D eigenvalue weighted by molar-refractivity contribution is 5.96. The summed E-state index contributed by atoms with van der Waals surface area (Å²) in [5, 5.41) is 4.53. The molecule has 2 aromatic heterocycles. The van der Waals surface area contributed by atoms with E-state index in [-0.39, 0.29) is 11.7 Å². The summed E-state index contributed by atoms with van der Waals surface area (Å²) in [5.74, 6) is -0.287. The van der Waals surface area contributed by atoms with Gasteiger partial charge >= 0.3 is 0 Å². The van der Waals surface area contributed by atoms with Gasteiger partial charge in [-0.3, -0.25) is 14.7 Å². The van der Waals surface area contributed by atoms with Crippen LogP contribution in [0.15, 0.2) is 48.8 Å². The zero-order chi connectivity index (χ0) is 20.4. The molecule has 1 aliphatic rings. The van der Waals surface area contributed by atoms with Gasteiger partial charge in [0.15, 0.2) is 0 Å². The monoisotopic (exact) mass is 393 g/mol. The third-order valence-corrected chi connectivity index (χ3v) is 5.36. The molecule has 0 N–H and O–H groups in total. The van der Waals surface area contributed by atoms with Crippen molar-refractivity contribution in [2.45, 2.75) is 20.4 Å². The predicted octanol–water partition coefficient (Wildman–Crippen LogP) is 2.98. The Kier molecular flexibility index (Phi) is 5.40. The summed E-state index contributed by atoms with van der Waals surface area (Å²) in [5.41, 5.74) is 4.02. The average Bonchev–Trinajstić information content (AvgIpc) is 3.03. The Morgan fingerprint density at radius 1 is 1.07 bits per heavy atom. The molecule has 1 amide bonds. The molecular weight excluding hydrogens is 369 g/mol. The molecule has 0 unspecified atom stereocenters. The van der Waals surface area contributed by atoms with Crippen LogP contribution in [-0.4, -0.2) is 56.7 Å². The number of aromatic nitrogens is 3. The minimum Gasteiger partial charge on any atom is -0.336 e. The molecule has 0 saturated carbocycles. The van der Waals surface area contributed by atoms with Crippen molar-refractivity contribution >= 4 is 5.91 Å². The second kappa shape index (κ2) is 8.13. The number of rotatable bonds is 4. The Morgan fingerprint density at radius 2 is 1.79 bits per heavy atom. The maximum absolute atomic E-state index is 13.2. The summed E-state index contributed by atoms with van der Waals surface area (Å²) in [6.45, 7) is 7.58. The molecule has 1 saturated heterocycles. The van der Waals surface area contributed by atoms with E-state index in [1.807, 2.05) is 31.0 Å². The first-order valence-corrected chi connectivity index (χ1v) is 9.75. The quantitative estimate of drug-likeness (QED) is 0.684. The zero-order valence-electron chi connectivity index (χ0n) is 16.7. The third-order valence-electron chi connectivity index (χ3n) is 5.36. The van der Waals surface area contributed by atoms with Crippen LogP contribution in [0.3, 0.4) is 0 Å². The second-order valence-corrected chi connectivity index (χ2v) is 7.36. The molecular formula is C22H24FN5O. The van der Waals surface area contributed by atoms with Crippen molar-refractivity contribution in [3.05, 3.63) is 77.1 Å². The van der Waals surface area contributed by atoms with E-state index in [9.17, 15) is 9.18 Å². The molecule has 7 heteroatoms. The molecule has 3 heterocycles. The van der Waals surface area contributed by atoms with Gasteiger partial charge in [-0.25, -0.2) is 9.07 Å². The van der Waals surface area contributed by atoms with Crippen LogP contribution in [-0.2, 0) is 6.54 Å². The van der Waals surface area contributed by atoms with E-state index in [4.69, 9.17) is 0 Å². The summed E-state index contributed by atoms with van der Waals surface area (Å²) in [7, 11) is 0. The number of hydrogen-bond donors (Lipinski definition) is 0. The van der Waals surface area contributed by atoms with Gasteiger partial charge in [0.05, 0.1) is 22.6 Å². The highest BCUT2D eigenvalue weighted by Gasteiger charge is 2.27. The minimum absolute atomic E-state index is 0.00869. The highest BCUT2D eigenvalue weighted by atomic mass is 19.1. The van der Waals surface area contributed by atoms with Crippen molar-refractivity contribution in [3.63, 3.8) is 0 Å². The number of benzene rings is 1. The molecule has 4 rings (SSSR count). The fraction of sp³-hybridized carbons (Fsp3) is 0.318. The normalized spacial score (nSPS) is 14.9. The SMILES string of the molecule is Cc1nn(-c2ccc(F)cc2)c(C)c1C(=O)N1CCN(Cc2cccnc2)CC1. The van der Waals surface area contributed by atoms with E-state index < -0.39 is 0 Å². The number of pyridine rings is 1. The highest BCUT2D eigenvalue weighted by Crippen LogP contribution is 2.21. The molecule has 0 spiro atoms. The lowest BCUT2D eigenvalue weighted by molar-refractivity contribution is 0.0627. The van der Waals surface area contributed by atoms with Gasteiger partial charge in [-0.1, -0.05) is 6.07 Å². The Labute approximate surface area is 169 Å². The molecule has 6 nitrogen and oxygen atoms in total. The van der Waals surface area contributed by atoms with Crippen molar-refractivity contribution in [2.24, 2.45) is 0 Å². The molecule has 3 aromatic rings. The van der Waals surface area contributed by atoms with Crippen LogP contribution in [0.2, 0.25) is 0 Å². The van der Waals surface area contributed by atoms with Gasteiger partial charge in [-0.05, 0) is 49.7 Å². The van der Waals surface area contributed by atoms with Crippen molar-refractivity contribution in [1.29, 1.82) is 0 Å². The average molecular weight is 393 g/mol. The lowest BCUT2D eigenvalue weighted by Crippen LogP contribution is -2.48. The van der Waals surface area contributed by atoms with Crippen LogP contribution in [0.4, 0.5) is 4.39 Å². The van der Waals surface area contributed by atoms with E-state index in [1.165, 1.54) is 17.7 Å². The van der Waals surface area contributed by atoms with Crippen LogP contribution in [0, 0.1) is 19.7 Å².